The molecule has 1 aromatic rings. The molecule has 2 rings (SSSR count). The van der Waals surface area contributed by atoms with Gasteiger partial charge in [0.05, 0.1) is 0 Å². The molecule has 0 aliphatic heterocycles. The normalized spacial score (nSPS) is 16.4. The van der Waals surface area contributed by atoms with E-state index >= 15 is 0 Å². The van der Waals surface area contributed by atoms with E-state index in [1.807, 2.05) is 0 Å². The average molecular weight is 245 g/mol. The van der Waals surface area contributed by atoms with Gasteiger partial charge >= 0.3 is 0 Å². The quantitative estimate of drug-likeness (QED) is 0.848. The molecule has 0 aromatic heterocycles. The number of nitrogens with one attached hydrogen (secondary N) is 1. The molecule has 0 bridgehead atoms. The summed E-state index contributed by atoms with van der Waals surface area (Å²) in [5, 5.41) is 3.10. The molecule has 2 heteroatoms. The number of benzene rings is 1. The predicted octanol–water partition coefficient (Wildman–Crippen LogP) is 3.15. The van der Waals surface area contributed by atoms with Gasteiger partial charge in [-0.1, -0.05) is 23.8 Å². The Morgan fingerprint density at radius 2 is 2.11 bits per heavy atom. The molecule has 98 valence electrons. The highest BCUT2D eigenvalue weighted by atomic mass is 16.1. The van der Waals surface area contributed by atoms with Crippen molar-refractivity contribution in [1.29, 1.82) is 0 Å². The second-order valence-corrected chi connectivity index (χ2v) is 5.62. The summed E-state index contributed by atoms with van der Waals surface area (Å²) >= 11 is 0. The highest BCUT2D eigenvalue weighted by Gasteiger charge is 2.28. The van der Waals surface area contributed by atoms with Gasteiger partial charge in [-0.3, -0.25) is 4.79 Å². The van der Waals surface area contributed by atoms with Crippen LogP contribution in [0.4, 0.5) is 0 Å². The smallest absolute Gasteiger partial charge is 0.220 e. The maximum atomic E-state index is 11.8. The Morgan fingerprint density at radius 1 is 1.39 bits per heavy atom. The molecular formula is C16H23NO. The molecular weight excluding hydrogens is 222 g/mol. The fourth-order valence-electron chi connectivity index (χ4n) is 2.41. The number of carbonyl (C=O) groups is 1. The van der Waals surface area contributed by atoms with Crippen LogP contribution in [0.3, 0.4) is 0 Å². The lowest BCUT2D eigenvalue weighted by molar-refractivity contribution is -0.121. The van der Waals surface area contributed by atoms with Crippen molar-refractivity contribution in [1.82, 2.24) is 5.32 Å². The molecule has 0 spiro atoms. The first kappa shape index (κ1) is 13.1. The van der Waals surface area contributed by atoms with Crippen LogP contribution >= 0.6 is 0 Å². The third kappa shape index (κ3) is 3.59. The fraction of sp³-hybridized carbons (Fsp3) is 0.562. The average Bonchev–Trinajstić information content (AvgIpc) is 3.11. The van der Waals surface area contributed by atoms with Crippen molar-refractivity contribution in [2.75, 3.05) is 0 Å². The van der Waals surface area contributed by atoms with Gasteiger partial charge in [-0.05, 0) is 57.1 Å². The molecule has 1 amide bonds. The number of aryl methyl sites for hydroxylation is 3. The van der Waals surface area contributed by atoms with Crippen molar-refractivity contribution < 1.29 is 4.79 Å². The first-order valence-electron chi connectivity index (χ1n) is 6.92. The van der Waals surface area contributed by atoms with Crippen molar-refractivity contribution in [3.63, 3.8) is 0 Å². The number of amides is 1. The molecule has 1 fully saturated rings. The van der Waals surface area contributed by atoms with E-state index in [9.17, 15) is 4.79 Å². The van der Waals surface area contributed by atoms with Crippen LogP contribution in [0.25, 0.3) is 0 Å². The van der Waals surface area contributed by atoms with Crippen molar-refractivity contribution in [2.45, 2.75) is 52.5 Å². The molecule has 0 radical (unpaired) electrons. The van der Waals surface area contributed by atoms with Gasteiger partial charge in [0.25, 0.3) is 0 Å². The lowest BCUT2D eigenvalue weighted by atomic mass is 10.0. The molecule has 1 unspecified atom stereocenters. The summed E-state index contributed by atoms with van der Waals surface area (Å²) in [4.78, 5) is 11.8. The van der Waals surface area contributed by atoms with E-state index in [1.165, 1.54) is 29.5 Å². The van der Waals surface area contributed by atoms with E-state index in [2.05, 4.69) is 44.3 Å². The van der Waals surface area contributed by atoms with Crippen molar-refractivity contribution in [3.05, 3.63) is 34.9 Å². The number of hydrogen-bond donors (Lipinski definition) is 1. The zero-order chi connectivity index (χ0) is 13.1. The van der Waals surface area contributed by atoms with E-state index < -0.39 is 0 Å². The molecule has 1 aliphatic carbocycles. The Kier molecular flexibility index (Phi) is 4.05. The van der Waals surface area contributed by atoms with E-state index in [1.54, 1.807) is 0 Å². The Bertz CT molecular complexity index is 435. The summed E-state index contributed by atoms with van der Waals surface area (Å²) in [7, 11) is 0. The van der Waals surface area contributed by atoms with Crippen molar-refractivity contribution >= 4 is 5.91 Å². The second-order valence-electron chi connectivity index (χ2n) is 5.62. The molecule has 2 nitrogen and oxygen atoms in total. The minimum Gasteiger partial charge on any atom is -0.353 e. The summed E-state index contributed by atoms with van der Waals surface area (Å²) in [5.41, 5.74) is 3.86. The number of rotatable bonds is 5. The third-order valence-electron chi connectivity index (χ3n) is 3.84. The molecule has 1 aromatic carbocycles. The Hall–Kier alpha value is -1.31. The second kappa shape index (κ2) is 5.55. The van der Waals surface area contributed by atoms with Gasteiger partial charge < -0.3 is 5.32 Å². The largest absolute Gasteiger partial charge is 0.353 e. The van der Waals surface area contributed by atoms with E-state index in [0.29, 0.717) is 12.5 Å². The zero-order valence-electron chi connectivity index (χ0n) is 11.6. The van der Waals surface area contributed by atoms with Crippen LogP contribution in [-0.2, 0) is 11.2 Å². The SMILES string of the molecule is Cc1ccc(CCC(=O)NC(C)C2CC2)c(C)c1. The summed E-state index contributed by atoms with van der Waals surface area (Å²) in [6.45, 7) is 6.33. The van der Waals surface area contributed by atoms with Crippen LogP contribution in [-0.4, -0.2) is 11.9 Å². The van der Waals surface area contributed by atoms with Crippen LogP contribution < -0.4 is 5.32 Å². The number of carbonyl (C=O) groups excluding carboxylic acids is 1. The maximum absolute atomic E-state index is 11.8. The van der Waals surface area contributed by atoms with Gasteiger partial charge in [-0.15, -0.1) is 0 Å². The number of hydrogen-bond acceptors (Lipinski definition) is 1. The van der Waals surface area contributed by atoms with Gasteiger partial charge in [0.2, 0.25) is 5.91 Å². The van der Waals surface area contributed by atoms with Gasteiger partial charge in [-0.25, -0.2) is 0 Å². The maximum Gasteiger partial charge on any atom is 0.220 e. The Labute approximate surface area is 110 Å². The van der Waals surface area contributed by atoms with Crippen molar-refractivity contribution in [3.8, 4) is 0 Å². The molecule has 1 N–H and O–H groups in total. The molecule has 1 aliphatic rings. The fourth-order valence-corrected chi connectivity index (χ4v) is 2.41. The van der Waals surface area contributed by atoms with Crippen LogP contribution in [0.2, 0.25) is 0 Å². The molecule has 0 heterocycles. The first-order valence-corrected chi connectivity index (χ1v) is 6.92. The summed E-state index contributed by atoms with van der Waals surface area (Å²) in [6, 6.07) is 6.80. The van der Waals surface area contributed by atoms with Crippen LogP contribution in [0.1, 0.15) is 42.9 Å². The minimum absolute atomic E-state index is 0.189. The highest BCUT2D eigenvalue weighted by molar-refractivity contribution is 5.76. The Morgan fingerprint density at radius 3 is 2.72 bits per heavy atom. The minimum atomic E-state index is 0.189. The van der Waals surface area contributed by atoms with E-state index in [4.69, 9.17) is 0 Å². The summed E-state index contributed by atoms with van der Waals surface area (Å²) in [6.07, 6.45) is 3.99. The molecule has 0 saturated heterocycles. The Balaban J connectivity index is 1.81. The standard InChI is InChI=1S/C16H23NO/c1-11-4-5-14(12(2)10-11)8-9-16(18)17-13(3)15-6-7-15/h4-5,10,13,15H,6-9H2,1-3H3,(H,17,18). The first-order chi connectivity index (χ1) is 8.56. The van der Waals surface area contributed by atoms with Crippen LogP contribution in [0.5, 0.6) is 0 Å². The lowest BCUT2D eigenvalue weighted by Crippen LogP contribution is -2.34. The zero-order valence-corrected chi connectivity index (χ0v) is 11.6. The van der Waals surface area contributed by atoms with Crippen molar-refractivity contribution in [2.24, 2.45) is 5.92 Å². The monoisotopic (exact) mass is 245 g/mol. The van der Waals surface area contributed by atoms with Crippen LogP contribution in [0, 0.1) is 19.8 Å². The van der Waals surface area contributed by atoms with E-state index in [0.717, 1.165) is 12.3 Å². The van der Waals surface area contributed by atoms with E-state index in [-0.39, 0.29) is 5.91 Å². The third-order valence-corrected chi connectivity index (χ3v) is 3.84. The molecule has 18 heavy (non-hydrogen) atoms. The van der Waals surface area contributed by atoms with Gasteiger partial charge in [0.15, 0.2) is 0 Å². The van der Waals surface area contributed by atoms with Crippen LogP contribution in [0.15, 0.2) is 18.2 Å². The van der Waals surface area contributed by atoms with Gasteiger partial charge in [0.1, 0.15) is 0 Å². The summed E-state index contributed by atoms with van der Waals surface area (Å²) in [5.74, 6) is 0.921. The highest BCUT2D eigenvalue weighted by Crippen LogP contribution is 2.32. The topological polar surface area (TPSA) is 29.1 Å². The lowest BCUT2D eigenvalue weighted by Gasteiger charge is -2.13. The predicted molar refractivity (Wildman–Crippen MR) is 74.6 cm³/mol. The van der Waals surface area contributed by atoms with Gasteiger partial charge in [0, 0.05) is 12.5 Å². The molecule has 1 saturated carbocycles. The van der Waals surface area contributed by atoms with Gasteiger partial charge in [-0.2, -0.15) is 0 Å². The summed E-state index contributed by atoms with van der Waals surface area (Å²) < 4.78 is 0. The molecule has 1 atom stereocenters.